The third-order valence-electron chi connectivity index (χ3n) is 2.51. The first-order chi connectivity index (χ1) is 7.11. The Morgan fingerprint density at radius 2 is 1.67 bits per heavy atom. The average Bonchev–Trinajstić information content (AvgIpc) is 2.19. The molecule has 0 radical (unpaired) electrons. The molecule has 15 heavy (non-hydrogen) atoms. The van der Waals surface area contributed by atoms with Gasteiger partial charge in [0.2, 0.25) is 0 Å². The predicted molar refractivity (Wildman–Crippen MR) is 70.3 cm³/mol. The van der Waals surface area contributed by atoms with Gasteiger partial charge in [-0.3, -0.25) is 0 Å². The molecule has 0 unspecified atom stereocenters. The molecule has 0 aliphatic carbocycles. The lowest BCUT2D eigenvalue weighted by atomic mass is 10.1. The van der Waals surface area contributed by atoms with Crippen LogP contribution in [0.15, 0.2) is 24.3 Å². The highest BCUT2D eigenvalue weighted by atomic mass is 13.9. The summed E-state index contributed by atoms with van der Waals surface area (Å²) in [5.41, 5.74) is 2.86. The zero-order chi connectivity index (χ0) is 11.7. The molecule has 0 aliphatic heterocycles. The van der Waals surface area contributed by atoms with Crippen molar-refractivity contribution in [3.05, 3.63) is 35.4 Å². The van der Waals surface area contributed by atoms with E-state index in [-0.39, 0.29) is 0 Å². The second-order valence-corrected chi connectivity index (χ2v) is 4.46. The summed E-state index contributed by atoms with van der Waals surface area (Å²) in [6.45, 7) is 11.1. The van der Waals surface area contributed by atoms with Gasteiger partial charge in [-0.25, -0.2) is 0 Å². The van der Waals surface area contributed by atoms with Crippen molar-refractivity contribution in [2.75, 3.05) is 0 Å². The second-order valence-electron chi connectivity index (χ2n) is 4.46. The zero-order valence-electron chi connectivity index (χ0n) is 11.0. The van der Waals surface area contributed by atoms with E-state index in [1.165, 1.54) is 24.0 Å². The molecule has 0 bridgehead atoms. The van der Waals surface area contributed by atoms with Gasteiger partial charge in [0.05, 0.1) is 0 Å². The van der Waals surface area contributed by atoms with Crippen LogP contribution in [0.2, 0.25) is 0 Å². The molecule has 0 aliphatic rings. The van der Waals surface area contributed by atoms with Crippen LogP contribution < -0.4 is 0 Å². The summed E-state index contributed by atoms with van der Waals surface area (Å²) < 4.78 is 0. The summed E-state index contributed by atoms with van der Waals surface area (Å²) in [6, 6.07) is 8.49. The van der Waals surface area contributed by atoms with Gasteiger partial charge in [0.25, 0.3) is 0 Å². The number of hydrogen-bond acceptors (Lipinski definition) is 0. The van der Waals surface area contributed by atoms with Crippen LogP contribution >= 0.6 is 0 Å². The highest BCUT2D eigenvalue weighted by molar-refractivity contribution is 5.24. The number of benzene rings is 1. The van der Waals surface area contributed by atoms with Crippen molar-refractivity contribution in [3.8, 4) is 0 Å². The first kappa shape index (κ1) is 14.2. The lowest BCUT2D eigenvalue weighted by Gasteiger charge is -1.98. The first-order valence-electron chi connectivity index (χ1n) is 6.16. The molecule has 1 aromatic rings. The van der Waals surface area contributed by atoms with E-state index in [9.17, 15) is 0 Å². The summed E-state index contributed by atoms with van der Waals surface area (Å²) in [5, 5.41) is 0. The number of hydrogen-bond donors (Lipinski definition) is 0. The molecule has 1 rings (SSSR count). The van der Waals surface area contributed by atoms with Gasteiger partial charge in [0, 0.05) is 0 Å². The van der Waals surface area contributed by atoms with Gasteiger partial charge in [0.15, 0.2) is 0 Å². The largest absolute Gasteiger partial charge is 0.0654 e. The Hall–Kier alpha value is -0.780. The van der Waals surface area contributed by atoms with E-state index in [1.807, 2.05) is 0 Å². The third kappa shape index (κ3) is 7.18. The van der Waals surface area contributed by atoms with Gasteiger partial charge in [-0.15, -0.1) is 0 Å². The molecule has 1 aromatic carbocycles. The maximum Gasteiger partial charge on any atom is -0.0305 e. The van der Waals surface area contributed by atoms with E-state index in [1.54, 1.807) is 0 Å². The molecule has 0 aromatic heterocycles. The fraction of sp³-hybridized carbons (Fsp3) is 0.600. The van der Waals surface area contributed by atoms with Gasteiger partial charge in [0.1, 0.15) is 0 Å². The lowest BCUT2D eigenvalue weighted by molar-refractivity contribution is 0.576. The van der Waals surface area contributed by atoms with Crippen LogP contribution in [-0.2, 0) is 6.42 Å². The Bertz CT molecular complexity index is 248. The van der Waals surface area contributed by atoms with Gasteiger partial charge in [-0.1, -0.05) is 64.8 Å². The normalized spacial score (nSPS) is 9.73. The van der Waals surface area contributed by atoms with Gasteiger partial charge >= 0.3 is 0 Å². The SMILES string of the molecule is CCCC(C)C.CCc1ccccc1C. The summed E-state index contributed by atoms with van der Waals surface area (Å²) >= 11 is 0. The fourth-order valence-corrected chi connectivity index (χ4v) is 1.58. The summed E-state index contributed by atoms with van der Waals surface area (Å²) in [7, 11) is 0. The minimum absolute atomic E-state index is 0.898. The van der Waals surface area contributed by atoms with Crippen LogP contribution in [0, 0.1) is 12.8 Å². The molecule has 0 heteroatoms. The Kier molecular flexibility index (Phi) is 8.08. The van der Waals surface area contributed by atoms with E-state index < -0.39 is 0 Å². The third-order valence-corrected chi connectivity index (χ3v) is 2.51. The molecule has 86 valence electrons. The first-order valence-corrected chi connectivity index (χ1v) is 6.16. The van der Waals surface area contributed by atoms with E-state index in [2.05, 4.69) is 58.9 Å². The molecule has 0 spiro atoms. The average molecular weight is 206 g/mol. The minimum atomic E-state index is 0.898. The van der Waals surface area contributed by atoms with Gasteiger partial charge < -0.3 is 0 Å². The van der Waals surface area contributed by atoms with Crippen molar-refractivity contribution >= 4 is 0 Å². The molecule has 0 amide bonds. The fourth-order valence-electron chi connectivity index (χ4n) is 1.58. The summed E-state index contributed by atoms with van der Waals surface area (Å²) in [5.74, 6) is 0.898. The molecule has 0 fully saturated rings. The topological polar surface area (TPSA) is 0 Å². The van der Waals surface area contributed by atoms with E-state index in [0.29, 0.717) is 0 Å². The van der Waals surface area contributed by atoms with Crippen LogP contribution in [0.25, 0.3) is 0 Å². The van der Waals surface area contributed by atoms with E-state index in [4.69, 9.17) is 0 Å². The maximum atomic E-state index is 2.25. The number of aryl methyl sites for hydroxylation is 2. The standard InChI is InChI=1S/C9H12.C6H14/c1-3-9-7-5-4-6-8(9)2;1-4-5-6(2)3/h4-7H,3H2,1-2H3;6H,4-5H2,1-3H3. The smallest absolute Gasteiger partial charge is 0.0305 e. The van der Waals surface area contributed by atoms with Crippen molar-refractivity contribution in [1.29, 1.82) is 0 Å². The van der Waals surface area contributed by atoms with Crippen LogP contribution in [0.1, 0.15) is 51.7 Å². The molecular weight excluding hydrogens is 180 g/mol. The Labute approximate surface area is 95.7 Å². The highest BCUT2D eigenvalue weighted by Crippen LogP contribution is 2.06. The molecule has 0 N–H and O–H groups in total. The minimum Gasteiger partial charge on any atom is -0.0654 e. The van der Waals surface area contributed by atoms with Crippen LogP contribution in [0.5, 0.6) is 0 Å². The van der Waals surface area contributed by atoms with Crippen molar-refractivity contribution in [2.45, 2.75) is 53.9 Å². The zero-order valence-corrected chi connectivity index (χ0v) is 11.0. The van der Waals surface area contributed by atoms with Crippen molar-refractivity contribution in [2.24, 2.45) is 5.92 Å². The molecule has 0 heterocycles. The van der Waals surface area contributed by atoms with Crippen molar-refractivity contribution in [3.63, 3.8) is 0 Å². The number of rotatable bonds is 3. The highest BCUT2D eigenvalue weighted by Gasteiger charge is 1.89. The van der Waals surface area contributed by atoms with E-state index >= 15 is 0 Å². The van der Waals surface area contributed by atoms with Crippen molar-refractivity contribution in [1.82, 2.24) is 0 Å². The molecule has 0 nitrogen and oxygen atoms in total. The van der Waals surface area contributed by atoms with E-state index in [0.717, 1.165) is 12.3 Å². The quantitative estimate of drug-likeness (QED) is 0.653. The molecule has 0 saturated heterocycles. The Morgan fingerprint density at radius 3 is 1.93 bits per heavy atom. The molecular formula is C15H26. The van der Waals surface area contributed by atoms with Crippen molar-refractivity contribution < 1.29 is 0 Å². The summed E-state index contributed by atoms with van der Waals surface area (Å²) in [4.78, 5) is 0. The Balaban J connectivity index is 0.000000288. The van der Waals surface area contributed by atoms with Crippen LogP contribution in [0.3, 0.4) is 0 Å². The molecule has 0 saturated carbocycles. The predicted octanol–water partition coefficient (Wildman–Crippen LogP) is 5.00. The lowest BCUT2D eigenvalue weighted by Crippen LogP contribution is -1.82. The van der Waals surface area contributed by atoms with Crippen LogP contribution in [0.4, 0.5) is 0 Å². The van der Waals surface area contributed by atoms with Crippen LogP contribution in [-0.4, -0.2) is 0 Å². The summed E-state index contributed by atoms with van der Waals surface area (Å²) in [6.07, 6.45) is 3.85. The molecule has 0 atom stereocenters. The second kappa shape index (κ2) is 8.52. The monoisotopic (exact) mass is 206 g/mol. The Morgan fingerprint density at radius 1 is 1.07 bits per heavy atom. The van der Waals surface area contributed by atoms with Gasteiger partial charge in [-0.2, -0.15) is 0 Å². The van der Waals surface area contributed by atoms with Gasteiger partial charge in [-0.05, 0) is 30.4 Å². The maximum absolute atomic E-state index is 2.25.